The average molecular weight is 743 g/mol. The van der Waals surface area contributed by atoms with Crippen LogP contribution in [-0.2, 0) is 31.9 Å². The molecule has 4 rings (SSSR count). The first-order valence-corrected chi connectivity index (χ1v) is 19.9. The first-order valence-electron chi connectivity index (χ1n) is 19.9. The van der Waals surface area contributed by atoms with Crippen LogP contribution in [0.3, 0.4) is 0 Å². The Hall–Kier alpha value is -4.14. The van der Waals surface area contributed by atoms with Gasteiger partial charge in [0, 0.05) is 6.07 Å². The quantitative estimate of drug-likeness (QED) is 0.0596. The summed E-state index contributed by atoms with van der Waals surface area (Å²) < 4.78 is 22.4. The van der Waals surface area contributed by atoms with Crippen LogP contribution in [0.4, 0.5) is 0 Å². The van der Waals surface area contributed by atoms with E-state index in [-0.39, 0.29) is 38.6 Å². The van der Waals surface area contributed by atoms with E-state index in [1.54, 1.807) is 19.9 Å². The number of unbranched alkanes of at least 4 members (excludes halogenated alkanes) is 2. The Morgan fingerprint density at radius 1 is 0.741 bits per heavy atom. The molecule has 0 spiro atoms. The second-order valence-electron chi connectivity index (χ2n) is 15.3. The number of hydrogen-bond donors (Lipinski definition) is 2. The molecule has 8 nitrogen and oxygen atoms in total. The van der Waals surface area contributed by atoms with Crippen molar-refractivity contribution in [3.63, 3.8) is 0 Å². The SMILES string of the molecule is C=C(CO)C(=O)OCCOc1cc(OCCOC(=O)C(C)(C)CO)cc(-c2ccc(-c3ccc(CCC4CCC(CCCCC)CC4)cc3)cc2CC)c1. The molecule has 0 aliphatic heterocycles. The van der Waals surface area contributed by atoms with Crippen molar-refractivity contribution in [2.45, 2.75) is 98.3 Å². The van der Waals surface area contributed by atoms with Crippen molar-refractivity contribution in [1.29, 1.82) is 0 Å². The zero-order valence-electron chi connectivity index (χ0n) is 33.0. The van der Waals surface area contributed by atoms with Gasteiger partial charge in [-0.1, -0.05) is 114 Å². The van der Waals surface area contributed by atoms with E-state index < -0.39 is 24.0 Å². The fourth-order valence-electron chi connectivity index (χ4n) is 6.98. The van der Waals surface area contributed by atoms with Gasteiger partial charge in [-0.05, 0) is 90.5 Å². The third-order valence-electron chi connectivity index (χ3n) is 10.6. The highest BCUT2D eigenvalue weighted by Gasteiger charge is 2.28. The number of esters is 2. The van der Waals surface area contributed by atoms with Gasteiger partial charge >= 0.3 is 11.9 Å². The standard InChI is InChI=1S/C46H62O8/c1-6-8-9-10-34-11-13-35(14-12-34)15-16-36-17-19-38(20-18-36)39-21-22-43(37(7-2)27-39)40-28-41(51-23-25-53-44(49)33(3)31-47)30-42(29-40)52-24-26-54-45(50)46(4,5)32-48/h17-22,27-30,34-35,47-48H,3,6-16,23-26,31-32H2,1-2,4-5H3. The van der Waals surface area contributed by atoms with Crippen LogP contribution in [0.25, 0.3) is 22.3 Å². The molecule has 1 aliphatic carbocycles. The van der Waals surface area contributed by atoms with Crippen molar-refractivity contribution < 1.29 is 38.7 Å². The lowest BCUT2D eigenvalue weighted by Crippen LogP contribution is -2.31. The van der Waals surface area contributed by atoms with Gasteiger partial charge in [-0.15, -0.1) is 0 Å². The molecule has 1 fully saturated rings. The highest BCUT2D eigenvalue weighted by atomic mass is 16.6. The number of carbonyl (C=O) groups excluding carboxylic acids is 2. The second kappa shape index (κ2) is 21.7. The first-order chi connectivity index (χ1) is 26.1. The summed E-state index contributed by atoms with van der Waals surface area (Å²) in [4.78, 5) is 24.2. The maximum absolute atomic E-state index is 12.3. The van der Waals surface area contributed by atoms with Gasteiger partial charge in [0.15, 0.2) is 0 Å². The third kappa shape index (κ3) is 13.0. The number of carbonyl (C=O) groups is 2. The lowest BCUT2D eigenvalue weighted by atomic mass is 9.78. The Morgan fingerprint density at radius 2 is 1.35 bits per heavy atom. The van der Waals surface area contributed by atoms with Crippen molar-refractivity contribution in [2.24, 2.45) is 17.3 Å². The zero-order chi connectivity index (χ0) is 38.9. The topological polar surface area (TPSA) is 112 Å². The molecule has 0 heterocycles. The van der Waals surface area contributed by atoms with E-state index in [2.05, 4.69) is 62.9 Å². The minimum absolute atomic E-state index is 0.0151. The second-order valence-corrected chi connectivity index (χ2v) is 15.3. The fraction of sp³-hybridized carbons (Fsp3) is 0.522. The monoisotopic (exact) mass is 742 g/mol. The molecular weight excluding hydrogens is 680 g/mol. The number of ether oxygens (including phenoxy) is 4. The van der Waals surface area contributed by atoms with Crippen LogP contribution in [0.15, 0.2) is 72.8 Å². The average Bonchev–Trinajstić information content (AvgIpc) is 3.20. The summed E-state index contributed by atoms with van der Waals surface area (Å²) in [5.41, 5.74) is 5.82. The predicted molar refractivity (Wildman–Crippen MR) is 215 cm³/mol. The maximum Gasteiger partial charge on any atom is 0.335 e. The summed E-state index contributed by atoms with van der Waals surface area (Å²) in [6, 6.07) is 21.2. The molecule has 3 aromatic rings. The van der Waals surface area contributed by atoms with Crippen LogP contribution in [0.2, 0.25) is 0 Å². The number of rotatable bonds is 22. The summed E-state index contributed by atoms with van der Waals surface area (Å²) >= 11 is 0. The number of aryl methyl sites for hydroxylation is 2. The van der Waals surface area contributed by atoms with Crippen LogP contribution < -0.4 is 9.47 Å². The maximum atomic E-state index is 12.3. The largest absolute Gasteiger partial charge is 0.490 e. The first kappa shape index (κ1) is 42.6. The third-order valence-corrected chi connectivity index (χ3v) is 10.6. The summed E-state index contributed by atoms with van der Waals surface area (Å²) in [7, 11) is 0. The molecule has 294 valence electrons. The summed E-state index contributed by atoms with van der Waals surface area (Å²) in [5, 5.41) is 18.6. The van der Waals surface area contributed by atoms with Crippen molar-refractivity contribution in [3.8, 4) is 33.8 Å². The van der Waals surface area contributed by atoms with Gasteiger partial charge < -0.3 is 29.2 Å². The Kier molecular flexibility index (Phi) is 17.1. The molecule has 1 saturated carbocycles. The predicted octanol–water partition coefficient (Wildman–Crippen LogP) is 9.31. The lowest BCUT2D eigenvalue weighted by Gasteiger charge is -2.28. The molecule has 3 aromatic carbocycles. The zero-order valence-corrected chi connectivity index (χ0v) is 33.0. The molecule has 8 heteroatoms. The minimum Gasteiger partial charge on any atom is -0.490 e. The Bertz CT molecular complexity index is 1630. The van der Waals surface area contributed by atoms with Crippen molar-refractivity contribution in [2.75, 3.05) is 39.6 Å². The highest BCUT2D eigenvalue weighted by Crippen LogP contribution is 2.36. The van der Waals surface area contributed by atoms with Gasteiger partial charge in [0.1, 0.15) is 37.9 Å². The van der Waals surface area contributed by atoms with Crippen LogP contribution in [0.5, 0.6) is 11.5 Å². The lowest BCUT2D eigenvalue weighted by molar-refractivity contribution is -0.156. The van der Waals surface area contributed by atoms with E-state index in [1.165, 1.54) is 74.5 Å². The minimum atomic E-state index is -0.995. The molecule has 0 aromatic heterocycles. The van der Waals surface area contributed by atoms with E-state index >= 15 is 0 Å². The Morgan fingerprint density at radius 3 is 1.94 bits per heavy atom. The van der Waals surface area contributed by atoms with Gasteiger partial charge in [0.25, 0.3) is 0 Å². The molecule has 54 heavy (non-hydrogen) atoms. The molecule has 0 radical (unpaired) electrons. The van der Waals surface area contributed by atoms with E-state index in [0.29, 0.717) is 11.5 Å². The van der Waals surface area contributed by atoms with Gasteiger partial charge in [-0.2, -0.15) is 0 Å². The van der Waals surface area contributed by atoms with Crippen molar-refractivity contribution >= 4 is 11.9 Å². The number of aliphatic hydroxyl groups excluding tert-OH is 2. The van der Waals surface area contributed by atoms with Gasteiger partial charge in [0.2, 0.25) is 0 Å². The van der Waals surface area contributed by atoms with E-state index in [9.17, 15) is 14.7 Å². The normalized spacial score (nSPS) is 15.7. The van der Waals surface area contributed by atoms with E-state index in [4.69, 9.17) is 24.1 Å². The molecule has 1 aliphatic rings. The van der Waals surface area contributed by atoms with Gasteiger partial charge in [0.05, 0.1) is 24.2 Å². The summed E-state index contributed by atoms with van der Waals surface area (Å²) in [6.45, 7) is 10.5. The van der Waals surface area contributed by atoms with Crippen LogP contribution in [0, 0.1) is 17.3 Å². The molecule has 0 amide bonds. The Labute approximate surface area is 322 Å². The summed E-state index contributed by atoms with van der Waals surface area (Å²) in [5.74, 6) is 1.67. The number of benzene rings is 3. The summed E-state index contributed by atoms with van der Waals surface area (Å²) in [6.07, 6.45) is 14.3. The van der Waals surface area contributed by atoms with E-state index in [0.717, 1.165) is 41.4 Å². The fourth-order valence-corrected chi connectivity index (χ4v) is 6.98. The highest BCUT2D eigenvalue weighted by molar-refractivity contribution is 5.87. The molecule has 0 unspecified atom stereocenters. The van der Waals surface area contributed by atoms with Crippen LogP contribution >= 0.6 is 0 Å². The molecule has 0 saturated heterocycles. The molecule has 2 N–H and O–H groups in total. The smallest absolute Gasteiger partial charge is 0.335 e. The molecule has 0 bridgehead atoms. The number of aliphatic hydroxyl groups is 2. The molecular formula is C46H62O8. The number of hydrogen-bond acceptors (Lipinski definition) is 8. The molecule has 0 atom stereocenters. The van der Waals surface area contributed by atoms with Crippen molar-refractivity contribution in [3.05, 3.63) is 83.9 Å². The van der Waals surface area contributed by atoms with Gasteiger partial charge in [-0.3, -0.25) is 4.79 Å². The van der Waals surface area contributed by atoms with Crippen molar-refractivity contribution in [1.82, 2.24) is 0 Å². The van der Waals surface area contributed by atoms with Gasteiger partial charge in [-0.25, -0.2) is 4.79 Å². The van der Waals surface area contributed by atoms with Crippen LogP contribution in [0.1, 0.15) is 96.6 Å². The van der Waals surface area contributed by atoms with E-state index in [1.807, 2.05) is 12.1 Å². The van der Waals surface area contributed by atoms with Crippen LogP contribution in [-0.4, -0.2) is 61.8 Å². The Balaban J connectivity index is 1.43.